The fourth-order valence-corrected chi connectivity index (χ4v) is 1.81. The van der Waals surface area contributed by atoms with Crippen LogP contribution in [0.4, 0.5) is 11.4 Å². The summed E-state index contributed by atoms with van der Waals surface area (Å²) < 4.78 is 0. The first-order chi connectivity index (χ1) is 8.16. The number of aromatic nitrogens is 1. The van der Waals surface area contributed by atoms with E-state index < -0.39 is 0 Å². The Balaban J connectivity index is 2.17. The topological polar surface area (TPSA) is 50.9 Å². The Bertz CT molecular complexity index is 514. The van der Waals surface area contributed by atoms with Crippen LogP contribution in [-0.2, 0) is 0 Å². The normalized spacial score (nSPS) is 12.1. The van der Waals surface area contributed by atoms with Crippen LogP contribution in [0.5, 0.6) is 0 Å². The van der Waals surface area contributed by atoms with Crippen molar-refractivity contribution < 1.29 is 0 Å². The van der Waals surface area contributed by atoms with Gasteiger partial charge in [-0.05, 0) is 30.7 Å². The van der Waals surface area contributed by atoms with Crippen molar-refractivity contribution in [2.24, 2.45) is 0 Å². The molecule has 3 N–H and O–H groups in total. The van der Waals surface area contributed by atoms with Crippen molar-refractivity contribution in [3.8, 4) is 0 Å². The highest BCUT2D eigenvalue weighted by molar-refractivity contribution is 6.33. The van der Waals surface area contributed by atoms with Gasteiger partial charge in [-0.3, -0.25) is 4.98 Å². The number of nitrogens with one attached hydrogen (secondary N) is 1. The predicted molar refractivity (Wildman–Crippen MR) is 72.1 cm³/mol. The van der Waals surface area contributed by atoms with Crippen molar-refractivity contribution in [3.05, 3.63) is 53.3 Å². The van der Waals surface area contributed by atoms with Crippen molar-refractivity contribution in [1.29, 1.82) is 0 Å². The van der Waals surface area contributed by atoms with Gasteiger partial charge < -0.3 is 11.1 Å². The highest BCUT2D eigenvalue weighted by Crippen LogP contribution is 2.25. The smallest absolute Gasteiger partial charge is 0.0820 e. The molecule has 0 aliphatic rings. The lowest BCUT2D eigenvalue weighted by Crippen LogP contribution is -2.07. The Morgan fingerprint density at radius 1 is 1.35 bits per heavy atom. The second-order valence-electron chi connectivity index (χ2n) is 3.89. The van der Waals surface area contributed by atoms with Gasteiger partial charge in [-0.25, -0.2) is 0 Å². The van der Waals surface area contributed by atoms with Gasteiger partial charge in [0.2, 0.25) is 0 Å². The number of halogens is 1. The molecule has 1 aromatic heterocycles. The second-order valence-corrected chi connectivity index (χ2v) is 4.30. The average molecular weight is 248 g/mol. The predicted octanol–water partition coefficient (Wildman–Crippen LogP) is 3.49. The molecule has 1 aromatic carbocycles. The summed E-state index contributed by atoms with van der Waals surface area (Å²) in [6, 6.07) is 9.78. The van der Waals surface area contributed by atoms with E-state index in [1.165, 1.54) is 0 Å². The number of hydrogen-bond acceptors (Lipinski definition) is 3. The molecular formula is C13H14ClN3. The molecule has 0 spiro atoms. The van der Waals surface area contributed by atoms with E-state index in [-0.39, 0.29) is 6.04 Å². The largest absolute Gasteiger partial charge is 0.399 e. The van der Waals surface area contributed by atoms with Gasteiger partial charge in [0, 0.05) is 24.1 Å². The Morgan fingerprint density at radius 3 is 2.88 bits per heavy atom. The first kappa shape index (κ1) is 11.7. The van der Waals surface area contributed by atoms with E-state index in [1.54, 1.807) is 12.4 Å². The van der Waals surface area contributed by atoms with E-state index in [0.29, 0.717) is 5.02 Å². The summed E-state index contributed by atoms with van der Waals surface area (Å²) in [4.78, 5) is 3.95. The van der Waals surface area contributed by atoms with Crippen LogP contribution in [0.2, 0.25) is 5.02 Å². The maximum Gasteiger partial charge on any atom is 0.0820 e. The van der Waals surface area contributed by atoms with Crippen LogP contribution in [0.15, 0.2) is 42.7 Å². The minimum absolute atomic E-state index is 0.137. The number of hydrogen-bond donors (Lipinski definition) is 2. The van der Waals surface area contributed by atoms with Gasteiger partial charge in [0.1, 0.15) is 0 Å². The minimum Gasteiger partial charge on any atom is -0.399 e. The number of nitrogens with two attached hydrogens (primary N) is 1. The maximum absolute atomic E-state index is 6.04. The third-order valence-corrected chi connectivity index (χ3v) is 2.86. The molecule has 0 aliphatic heterocycles. The number of nitrogens with zero attached hydrogens (tertiary/aromatic N) is 1. The number of benzene rings is 1. The molecule has 0 saturated heterocycles. The number of rotatable bonds is 3. The molecule has 0 aliphatic carbocycles. The molecule has 0 radical (unpaired) electrons. The molecule has 3 nitrogen and oxygen atoms in total. The Kier molecular flexibility index (Phi) is 3.49. The van der Waals surface area contributed by atoms with Crippen molar-refractivity contribution in [1.82, 2.24) is 4.98 Å². The van der Waals surface area contributed by atoms with Crippen molar-refractivity contribution in [2.45, 2.75) is 13.0 Å². The number of nitrogen functional groups attached to an aromatic ring is 1. The van der Waals surface area contributed by atoms with E-state index in [0.717, 1.165) is 16.9 Å². The molecule has 0 fully saturated rings. The fraction of sp³-hybridized carbons (Fsp3) is 0.154. The fourth-order valence-electron chi connectivity index (χ4n) is 1.64. The van der Waals surface area contributed by atoms with Crippen molar-refractivity contribution in [2.75, 3.05) is 11.1 Å². The first-order valence-corrected chi connectivity index (χ1v) is 5.76. The minimum atomic E-state index is 0.137. The molecule has 0 saturated carbocycles. The first-order valence-electron chi connectivity index (χ1n) is 5.38. The van der Waals surface area contributed by atoms with Gasteiger partial charge in [-0.1, -0.05) is 23.7 Å². The van der Waals surface area contributed by atoms with Crippen LogP contribution in [0.3, 0.4) is 0 Å². The van der Waals surface area contributed by atoms with Crippen LogP contribution in [0, 0.1) is 0 Å². The van der Waals surface area contributed by atoms with Gasteiger partial charge in [0.15, 0.2) is 0 Å². The zero-order valence-corrected chi connectivity index (χ0v) is 10.3. The standard InChI is InChI=1S/C13H14ClN3/c1-9(10-3-2-4-11(15)7-10)17-13-5-6-16-8-12(13)14/h2-9H,15H2,1H3,(H,16,17). The van der Waals surface area contributed by atoms with Gasteiger partial charge in [0.25, 0.3) is 0 Å². The Morgan fingerprint density at radius 2 is 2.18 bits per heavy atom. The third kappa shape index (κ3) is 2.88. The van der Waals surface area contributed by atoms with Gasteiger partial charge >= 0.3 is 0 Å². The van der Waals surface area contributed by atoms with Gasteiger partial charge in [-0.15, -0.1) is 0 Å². The lowest BCUT2D eigenvalue weighted by atomic mass is 10.1. The number of pyridine rings is 1. The summed E-state index contributed by atoms with van der Waals surface area (Å²) in [5, 5.41) is 3.94. The van der Waals surface area contributed by atoms with Crippen LogP contribution >= 0.6 is 11.6 Å². The third-order valence-electron chi connectivity index (χ3n) is 2.56. The lowest BCUT2D eigenvalue weighted by molar-refractivity contribution is 0.885. The van der Waals surface area contributed by atoms with Crippen LogP contribution in [0.1, 0.15) is 18.5 Å². The Labute approximate surface area is 106 Å². The highest BCUT2D eigenvalue weighted by Gasteiger charge is 2.07. The summed E-state index contributed by atoms with van der Waals surface area (Å²) >= 11 is 6.04. The van der Waals surface area contributed by atoms with Gasteiger partial charge in [-0.2, -0.15) is 0 Å². The molecule has 4 heteroatoms. The molecule has 0 bridgehead atoms. The molecule has 1 heterocycles. The molecule has 88 valence electrons. The van der Waals surface area contributed by atoms with E-state index in [2.05, 4.69) is 17.2 Å². The summed E-state index contributed by atoms with van der Waals surface area (Å²) in [6.45, 7) is 2.06. The van der Waals surface area contributed by atoms with Crippen LogP contribution in [0.25, 0.3) is 0 Å². The summed E-state index contributed by atoms with van der Waals surface area (Å²) in [5.74, 6) is 0. The molecule has 1 atom stereocenters. The summed E-state index contributed by atoms with van der Waals surface area (Å²) in [6.07, 6.45) is 3.33. The molecule has 17 heavy (non-hydrogen) atoms. The lowest BCUT2D eigenvalue weighted by Gasteiger charge is -2.16. The number of anilines is 2. The summed E-state index contributed by atoms with van der Waals surface area (Å²) in [5.41, 5.74) is 8.51. The molecule has 2 rings (SSSR count). The average Bonchev–Trinajstić information content (AvgIpc) is 2.32. The van der Waals surface area contributed by atoms with E-state index in [1.807, 2.05) is 30.3 Å². The van der Waals surface area contributed by atoms with E-state index in [4.69, 9.17) is 17.3 Å². The summed E-state index contributed by atoms with van der Waals surface area (Å²) in [7, 11) is 0. The molecule has 0 amide bonds. The van der Waals surface area contributed by atoms with Crippen LogP contribution < -0.4 is 11.1 Å². The quantitative estimate of drug-likeness (QED) is 0.817. The molecule has 1 unspecified atom stereocenters. The van der Waals surface area contributed by atoms with Crippen LogP contribution in [-0.4, -0.2) is 4.98 Å². The zero-order valence-electron chi connectivity index (χ0n) is 9.52. The van der Waals surface area contributed by atoms with Gasteiger partial charge in [0.05, 0.1) is 10.7 Å². The van der Waals surface area contributed by atoms with Crippen molar-refractivity contribution in [3.63, 3.8) is 0 Å². The monoisotopic (exact) mass is 247 g/mol. The molecular weight excluding hydrogens is 234 g/mol. The Hall–Kier alpha value is -1.74. The SMILES string of the molecule is CC(Nc1ccncc1Cl)c1cccc(N)c1. The molecule has 2 aromatic rings. The zero-order chi connectivity index (χ0) is 12.3. The van der Waals surface area contributed by atoms with E-state index >= 15 is 0 Å². The van der Waals surface area contributed by atoms with E-state index in [9.17, 15) is 0 Å². The van der Waals surface area contributed by atoms with Crippen molar-refractivity contribution >= 4 is 23.0 Å². The second kappa shape index (κ2) is 5.06. The maximum atomic E-state index is 6.04. The highest BCUT2D eigenvalue weighted by atomic mass is 35.5.